The molecule has 1 fully saturated rings. The minimum Gasteiger partial charge on any atom is -0.370 e. The molecule has 0 bridgehead atoms. The summed E-state index contributed by atoms with van der Waals surface area (Å²) in [5, 5.41) is 7.17. The highest BCUT2D eigenvalue weighted by atomic mass is 16.1. The lowest BCUT2D eigenvalue weighted by Gasteiger charge is -2.18. The summed E-state index contributed by atoms with van der Waals surface area (Å²) in [6.07, 6.45) is 2.71. The van der Waals surface area contributed by atoms with Gasteiger partial charge in [-0.05, 0) is 44.2 Å². The summed E-state index contributed by atoms with van der Waals surface area (Å²) in [4.78, 5) is 26.5. The monoisotopic (exact) mass is 354 g/mol. The zero-order valence-corrected chi connectivity index (χ0v) is 15.9. The molecule has 6 nitrogen and oxygen atoms in total. The lowest BCUT2D eigenvalue weighted by Crippen LogP contribution is -2.32. The summed E-state index contributed by atoms with van der Waals surface area (Å²) in [6, 6.07) is 5.71. The molecule has 1 saturated heterocycles. The van der Waals surface area contributed by atoms with Crippen molar-refractivity contribution in [1.82, 2.24) is 15.1 Å². The van der Waals surface area contributed by atoms with Gasteiger partial charge in [0.2, 0.25) is 0 Å². The van der Waals surface area contributed by atoms with Crippen LogP contribution in [0.15, 0.2) is 29.2 Å². The quantitative estimate of drug-likeness (QED) is 0.911. The van der Waals surface area contributed by atoms with Crippen LogP contribution in [0.2, 0.25) is 0 Å². The summed E-state index contributed by atoms with van der Waals surface area (Å²) in [6.45, 7) is 8.34. The van der Waals surface area contributed by atoms with Gasteiger partial charge >= 0.3 is 0 Å². The number of carbonyl (C=O) groups excluding carboxylic acids is 1. The minimum absolute atomic E-state index is 0.00584. The summed E-state index contributed by atoms with van der Waals surface area (Å²) in [7, 11) is 1.64. The van der Waals surface area contributed by atoms with Crippen molar-refractivity contribution in [1.29, 1.82) is 0 Å². The SMILES string of the molecule is Cc1cc(C)c(C(=O)NC[C@H]2CCN(c3cnn(C)c(=O)c3)C2)c(C)c1. The molecule has 3 rings (SSSR count). The normalized spacial score (nSPS) is 16.8. The molecule has 6 heteroatoms. The van der Waals surface area contributed by atoms with Gasteiger partial charge in [-0.1, -0.05) is 17.7 Å². The van der Waals surface area contributed by atoms with Crippen LogP contribution in [-0.2, 0) is 7.05 Å². The molecule has 26 heavy (non-hydrogen) atoms. The molecule has 0 aliphatic carbocycles. The van der Waals surface area contributed by atoms with Crippen LogP contribution in [0, 0.1) is 26.7 Å². The van der Waals surface area contributed by atoms with Gasteiger partial charge in [-0.3, -0.25) is 9.59 Å². The first-order valence-corrected chi connectivity index (χ1v) is 8.99. The molecule has 1 aliphatic rings. The van der Waals surface area contributed by atoms with Crippen LogP contribution in [-0.4, -0.2) is 35.3 Å². The summed E-state index contributed by atoms with van der Waals surface area (Å²) in [5.74, 6) is 0.364. The number of carbonyl (C=O) groups is 1. The average Bonchev–Trinajstić information content (AvgIpc) is 3.03. The maximum atomic E-state index is 12.6. The molecule has 2 aromatic rings. The molecule has 0 spiro atoms. The molecule has 0 radical (unpaired) electrons. The summed E-state index contributed by atoms with van der Waals surface area (Å²) < 4.78 is 1.32. The number of nitrogens with zero attached hydrogens (tertiary/aromatic N) is 3. The number of anilines is 1. The fourth-order valence-corrected chi connectivity index (χ4v) is 3.73. The summed E-state index contributed by atoms with van der Waals surface area (Å²) >= 11 is 0. The zero-order chi connectivity index (χ0) is 18.8. The van der Waals surface area contributed by atoms with E-state index in [1.807, 2.05) is 32.9 Å². The second-order valence-electron chi connectivity index (χ2n) is 7.26. The maximum absolute atomic E-state index is 12.6. The molecule has 0 saturated carbocycles. The number of nitrogens with one attached hydrogen (secondary N) is 1. The van der Waals surface area contributed by atoms with Crippen molar-refractivity contribution in [3.05, 3.63) is 57.0 Å². The minimum atomic E-state index is -0.107. The van der Waals surface area contributed by atoms with Gasteiger partial charge in [-0.15, -0.1) is 0 Å². The lowest BCUT2D eigenvalue weighted by atomic mass is 9.99. The molecule has 2 heterocycles. The van der Waals surface area contributed by atoms with Gasteiger partial charge < -0.3 is 10.2 Å². The molecule has 1 N–H and O–H groups in total. The lowest BCUT2D eigenvalue weighted by molar-refractivity contribution is 0.0947. The number of aromatic nitrogens is 2. The first kappa shape index (κ1) is 18.2. The zero-order valence-electron chi connectivity index (χ0n) is 15.9. The fraction of sp³-hybridized carbons (Fsp3) is 0.450. The Bertz CT molecular complexity index is 865. The van der Waals surface area contributed by atoms with E-state index in [2.05, 4.69) is 15.3 Å². The van der Waals surface area contributed by atoms with Crippen molar-refractivity contribution < 1.29 is 4.79 Å². The number of rotatable bonds is 4. The number of hydrogen-bond acceptors (Lipinski definition) is 4. The van der Waals surface area contributed by atoms with Crippen LogP contribution < -0.4 is 15.8 Å². The molecule has 1 aromatic carbocycles. The van der Waals surface area contributed by atoms with Gasteiger partial charge in [-0.25, -0.2) is 4.68 Å². The molecule has 1 aliphatic heterocycles. The van der Waals surface area contributed by atoms with Gasteiger partial charge in [0.15, 0.2) is 0 Å². The largest absolute Gasteiger partial charge is 0.370 e. The van der Waals surface area contributed by atoms with Crippen molar-refractivity contribution in [3.63, 3.8) is 0 Å². The molecular formula is C20H26N4O2. The van der Waals surface area contributed by atoms with E-state index in [1.165, 1.54) is 10.2 Å². The third-order valence-corrected chi connectivity index (χ3v) is 5.06. The highest BCUT2D eigenvalue weighted by Crippen LogP contribution is 2.22. The molecule has 0 unspecified atom stereocenters. The van der Waals surface area contributed by atoms with Crippen molar-refractivity contribution in [2.24, 2.45) is 13.0 Å². The second kappa shape index (κ2) is 7.32. The van der Waals surface area contributed by atoms with Crippen molar-refractivity contribution in [2.45, 2.75) is 27.2 Å². The average molecular weight is 354 g/mol. The Morgan fingerprint density at radius 3 is 2.58 bits per heavy atom. The number of hydrogen-bond donors (Lipinski definition) is 1. The van der Waals surface area contributed by atoms with Crippen LogP contribution >= 0.6 is 0 Å². The Morgan fingerprint density at radius 1 is 1.23 bits per heavy atom. The van der Waals surface area contributed by atoms with Crippen LogP contribution in [0.1, 0.15) is 33.5 Å². The van der Waals surface area contributed by atoms with Crippen molar-refractivity contribution in [3.8, 4) is 0 Å². The van der Waals surface area contributed by atoms with E-state index in [4.69, 9.17) is 0 Å². The Balaban J connectivity index is 1.60. The number of benzene rings is 1. The van der Waals surface area contributed by atoms with Crippen molar-refractivity contribution in [2.75, 3.05) is 24.5 Å². The third-order valence-electron chi connectivity index (χ3n) is 5.06. The van der Waals surface area contributed by atoms with Crippen LogP contribution in [0.25, 0.3) is 0 Å². The standard InChI is InChI=1S/C20H26N4O2/c1-13-7-14(2)19(15(3)8-13)20(26)21-10-16-5-6-24(12-16)17-9-18(25)23(4)22-11-17/h7-9,11,16H,5-6,10,12H2,1-4H3,(H,21,26)/t16-/m1/s1. The van der Waals surface area contributed by atoms with E-state index < -0.39 is 0 Å². The predicted molar refractivity (Wildman–Crippen MR) is 103 cm³/mol. The topological polar surface area (TPSA) is 67.2 Å². The number of aryl methyl sites for hydroxylation is 4. The Kier molecular flexibility index (Phi) is 5.11. The Labute approximate surface area is 153 Å². The molecule has 1 aromatic heterocycles. The molecule has 1 amide bonds. The predicted octanol–water partition coefficient (Wildman–Crippen LogP) is 1.96. The first-order chi connectivity index (χ1) is 12.3. The van der Waals surface area contributed by atoms with Gasteiger partial charge in [-0.2, -0.15) is 5.10 Å². The smallest absolute Gasteiger partial charge is 0.268 e. The highest BCUT2D eigenvalue weighted by molar-refractivity contribution is 5.97. The van der Waals surface area contributed by atoms with Crippen LogP contribution in [0.5, 0.6) is 0 Å². The molecular weight excluding hydrogens is 328 g/mol. The van der Waals surface area contributed by atoms with Crippen LogP contribution in [0.3, 0.4) is 0 Å². The Morgan fingerprint density at radius 2 is 1.92 bits per heavy atom. The summed E-state index contributed by atoms with van der Waals surface area (Å²) in [5.41, 5.74) is 4.72. The van der Waals surface area contributed by atoms with E-state index >= 15 is 0 Å². The fourth-order valence-electron chi connectivity index (χ4n) is 3.73. The first-order valence-electron chi connectivity index (χ1n) is 8.99. The van der Waals surface area contributed by atoms with Gasteiger partial charge in [0.25, 0.3) is 11.5 Å². The Hall–Kier alpha value is -2.63. The van der Waals surface area contributed by atoms with Gasteiger partial charge in [0, 0.05) is 38.3 Å². The maximum Gasteiger partial charge on any atom is 0.268 e. The molecule has 1 atom stereocenters. The van der Waals surface area contributed by atoms with E-state index in [0.717, 1.165) is 41.9 Å². The van der Waals surface area contributed by atoms with Crippen molar-refractivity contribution >= 4 is 11.6 Å². The van der Waals surface area contributed by atoms with Gasteiger partial charge in [0.05, 0.1) is 11.9 Å². The van der Waals surface area contributed by atoms with Crippen LogP contribution in [0.4, 0.5) is 5.69 Å². The third kappa shape index (κ3) is 3.79. The van der Waals surface area contributed by atoms with E-state index in [0.29, 0.717) is 12.5 Å². The van der Waals surface area contributed by atoms with E-state index in [-0.39, 0.29) is 11.5 Å². The van der Waals surface area contributed by atoms with E-state index in [1.54, 1.807) is 19.3 Å². The molecule has 138 valence electrons. The van der Waals surface area contributed by atoms with Gasteiger partial charge in [0.1, 0.15) is 0 Å². The number of amides is 1. The highest BCUT2D eigenvalue weighted by Gasteiger charge is 2.24. The van der Waals surface area contributed by atoms with E-state index in [9.17, 15) is 9.59 Å². The second-order valence-corrected chi connectivity index (χ2v) is 7.26.